The van der Waals surface area contributed by atoms with Crippen LogP contribution in [0.1, 0.15) is 5.89 Å². The average Bonchev–Trinajstić information content (AvgIpc) is 3.18. The zero-order valence-corrected chi connectivity index (χ0v) is 15.1. The van der Waals surface area contributed by atoms with Crippen molar-refractivity contribution in [1.82, 2.24) is 9.88 Å². The minimum Gasteiger partial charge on any atom is -0.439 e. The summed E-state index contributed by atoms with van der Waals surface area (Å²) in [6.45, 7) is 3.93. The molecule has 0 amide bonds. The number of benzene rings is 2. The summed E-state index contributed by atoms with van der Waals surface area (Å²) in [6.07, 6.45) is 1.66. The lowest BCUT2D eigenvalue weighted by atomic mass is 10.2. The Balaban J connectivity index is 1.33. The van der Waals surface area contributed by atoms with Crippen LogP contribution in [0.5, 0.6) is 0 Å². The van der Waals surface area contributed by atoms with Crippen LogP contribution in [0.15, 0.2) is 59.1 Å². The molecule has 1 aromatic heterocycles. The molecule has 0 N–H and O–H groups in total. The van der Waals surface area contributed by atoms with E-state index in [-0.39, 0.29) is 11.5 Å². The molecule has 0 saturated carbocycles. The Morgan fingerprint density at radius 2 is 1.71 bits per heavy atom. The largest absolute Gasteiger partial charge is 0.439 e. The predicted octanol–water partition coefficient (Wildman–Crippen LogP) is 3.71. The van der Waals surface area contributed by atoms with Gasteiger partial charge in [-0.1, -0.05) is 0 Å². The highest BCUT2D eigenvalue weighted by atomic mass is 19.1. The van der Waals surface area contributed by atoms with Crippen LogP contribution < -0.4 is 4.90 Å². The Morgan fingerprint density at radius 1 is 1.04 bits per heavy atom. The fourth-order valence-corrected chi connectivity index (χ4v) is 3.27. The van der Waals surface area contributed by atoms with Crippen LogP contribution in [0.3, 0.4) is 0 Å². The second-order valence-corrected chi connectivity index (χ2v) is 6.66. The molecule has 7 nitrogen and oxygen atoms in total. The first-order chi connectivity index (χ1) is 13.6. The average molecular weight is 382 g/mol. The number of rotatable bonds is 5. The van der Waals surface area contributed by atoms with Crippen molar-refractivity contribution in [3.8, 4) is 11.3 Å². The van der Waals surface area contributed by atoms with E-state index in [0.717, 1.165) is 37.4 Å². The second kappa shape index (κ2) is 7.77. The minimum absolute atomic E-state index is 0.100. The number of nitrogens with zero attached hydrogens (tertiary/aromatic N) is 4. The van der Waals surface area contributed by atoms with Gasteiger partial charge < -0.3 is 9.32 Å². The number of oxazole rings is 1. The van der Waals surface area contributed by atoms with E-state index in [0.29, 0.717) is 18.2 Å². The molecular formula is C20H19FN4O3. The van der Waals surface area contributed by atoms with Crippen molar-refractivity contribution in [1.29, 1.82) is 0 Å². The maximum absolute atomic E-state index is 13.0. The zero-order chi connectivity index (χ0) is 19.5. The Morgan fingerprint density at radius 3 is 2.36 bits per heavy atom. The monoisotopic (exact) mass is 382 g/mol. The number of hydrogen-bond acceptors (Lipinski definition) is 6. The number of aromatic nitrogens is 1. The molecule has 28 heavy (non-hydrogen) atoms. The van der Waals surface area contributed by atoms with E-state index in [2.05, 4.69) is 14.8 Å². The lowest BCUT2D eigenvalue weighted by Gasteiger charge is -2.35. The topological polar surface area (TPSA) is 75.7 Å². The molecule has 1 fully saturated rings. The summed E-state index contributed by atoms with van der Waals surface area (Å²) in [7, 11) is 0. The van der Waals surface area contributed by atoms with E-state index in [9.17, 15) is 14.5 Å². The maximum atomic E-state index is 13.0. The van der Waals surface area contributed by atoms with E-state index in [1.165, 1.54) is 24.3 Å². The number of nitro groups is 1. The van der Waals surface area contributed by atoms with Gasteiger partial charge in [0, 0.05) is 49.6 Å². The number of piperazine rings is 1. The number of anilines is 1. The lowest BCUT2D eigenvalue weighted by molar-refractivity contribution is -0.384. The van der Waals surface area contributed by atoms with Gasteiger partial charge in [0.1, 0.15) is 5.82 Å². The molecule has 1 aliphatic rings. The number of hydrogen-bond donors (Lipinski definition) is 0. The van der Waals surface area contributed by atoms with Gasteiger partial charge in [0.15, 0.2) is 5.76 Å². The van der Waals surface area contributed by atoms with Crippen LogP contribution in [0, 0.1) is 15.9 Å². The third-order valence-electron chi connectivity index (χ3n) is 4.84. The van der Waals surface area contributed by atoms with Crippen LogP contribution in [0.4, 0.5) is 15.8 Å². The third kappa shape index (κ3) is 4.01. The Bertz CT molecular complexity index is 948. The van der Waals surface area contributed by atoms with E-state index in [1.54, 1.807) is 30.5 Å². The molecule has 1 saturated heterocycles. The van der Waals surface area contributed by atoms with E-state index in [1.807, 2.05) is 0 Å². The lowest BCUT2D eigenvalue weighted by Crippen LogP contribution is -2.46. The quantitative estimate of drug-likeness (QED) is 0.495. The molecule has 0 bridgehead atoms. The van der Waals surface area contributed by atoms with E-state index >= 15 is 0 Å². The fraction of sp³-hybridized carbons (Fsp3) is 0.250. The van der Waals surface area contributed by atoms with Crippen molar-refractivity contribution < 1.29 is 13.7 Å². The third-order valence-corrected chi connectivity index (χ3v) is 4.84. The molecule has 3 aromatic rings. The molecule has 0 radical (unpaired) electrons. The minimum atomic E-state index is -0.391. The molecular weight excluding hydrogens is 363 g/mol. The SMILES string of the molecule is O=[N+]([O-])c1ccc(N2CCN(Cc3ncc(-c4ccc(F)cc4)o3)CC2)cc1. The van der Waals surface area contributed by atoms with Crippen molar-refractivity contribution in [2.45, 2.75) is 6.54 Å². The van der Waals surface area contributed by atoms with Crippen molar-refractivity contribution in [3.05, 3.63) is 76.6 Å². The first-order valence-electron chi connectivity index (χ1n) is 9.01. The molecule has 8 heteroatoms. The van der Waals surface area contributed by atoms with Gasteiger partial charge >= 0.3 is 0 Å². The Labute approximate surface area is 161 Å². The van der Waals surface area contributed by atoms with Crippen molar-refractivity contribution in [2.75, 3.05) is 31.1 Å². The zero-order valence-electron chi connectivity index (χ0n) is 15.1. The van der Waals surface area contributed by atoms with Crippen LogP contribution in [0.2, 0.25) is 0 Å². The molecule has 144 valence electrons. The fourth-order valence-electron chi connectivity index (χ4n) is 3.27. The van der Waals surface area contributed by atoms with Crippen molar-refractivity contribution >= 4 is 11.4 Å². The van der Waals surface area contributed by atoms with Crippen LogP contribution in [-0.2, 0) is 6.54 Å². The smallest absolute Gasteiger partial charge is 0.269 e. The van der Waals surface area contributed by atoms with Crippen LogP contribution >= 0.6 is 0 Å². The van der Waals surface area contributed by atoms with Gasteiger partial charge in [-0.3, -0.25) is 15.0 Å². The van der Waals surface area contributed by atoms with Crippen LogP contribution in [0.25, 0.3) is 11.3 Å². The Hall–Kier alpha value is -3.26. The summed E-state index contributed by atoms with van der Waals surface area (Å²) in [5.41, 5.74) is 1.88. The molecule has 2 heterocycles. The van der Waals surface area contributed by atoms with Gasteiger partial charge in [-0.05, 0) is 36.4 Å². The van der Waals surface area contributed by atoms with Gasteiger partial charge in [-0.2, -0.15) is 0 Å². The standard InChI is InChI=1S/C20H19FN4O3/c21-16-3-1-15(2-4-16)19-13-22-20(28-19)14-23-9-11-24(12-10-23)17-5-7-18(8-6-17)25(26)27/h1-8,13H,9-12,14H2. The van der Waals surface area contributed by atoms with Crippen LogP contribution in [-0.4, -0.2) is 41.0 Å². The van der Waals surface area contributed by atoms with E-state index < -0.39 is 4.92 Å². The van der Waals surface area contributed by atoms with Gasteiger partial charge in [-0.15, -0.1) is 0 Å². The molecule has 0 atom stereocenters. The normalized spacial score (nSPS) is 15.0. The first kappa shape index (κ1) is 18.1. The molecule has 4 rings (SSSR count). The van der Waals surface area contributed by atoms with Crippen molar-refractivity contribution in [2.24, 2.45) is 0 Å². The molecule has 2 aromatic carbocycles. The van der Waals surface area contributed by atoms with Gasteiger partial charge in [0.25, 0.3) is 5.69 Å². The summed E-state index contributed by atoms with van der Waals surface area (Å²) in [4.78, 5) is 19.2. The van der Waals surface area contributed by atoms with Crippen molar-refractivity contribution in [3.63, 3.8) is 0 Å². The number of halogens is 1. The summed E-state index contributed by atoms with van der Waals surface area (Å²) in [5, 5.41) is 10.8. The summed E-state index contributed by atoms with van der Waals surface area (Å²) in [5.74, 6) is 0.969. The summed E-state index contributed by atoms with van der Waals surface area (Å²) < 4.78 is 18.8. The van der Waals surface area contributed by atoms with E-state index in [4.69, 9.17) is 4.42 Å². The second-order valence-electron chi connectivity index (χ2n) is 6.66. The van der Waals surface area contributed by atoms with Gasteiger partial charge in [0.2, 0.25) is 5.89 Å². The molecule has 1 aliphatic heterocycles. The predicted molar refractivity (Wildman–Crippen MR) is 102 cm³/mol. The number of non-ortho nitro benzene ring substituents is 1. The van der Waals surface area contributed by atoms with Gasteiger partial charge in [0.05, 0.1) is 17.7 Å². The summed E-state index contributed by atoms with van der Waals surface area (Å²) >= 11 is 0. The summed E-state index contributed by atoms with van der Waals surface area (Å²) in [6, 6.07) is 12.8. The molecule has 0 spiro atoms. The Kier molecular flexibility index (Phi) is 5.03. The highest BCUT2D eigenvalue weighted by Crippen LogP contribution is 2.23. The van der Waals surface area contributed by atoms with Gasteiger partial charge in [-0.25, -0.2) is 9.37 Å². The molecule has 0 unspecified atom stereocenters. The first-order valence-corrected chi connectivity index (χ1v) is 9.01. The number of nitro benzene ring substituents is 1. The molecule has 0 aliphatic carbocycles. The highest BCUT2D eigenvalue weighted by Gasteiger charge is 2.19. The maximum Gasteiger partial charge on any atom is 0.269 e. The highest BCUT2D eigenvalue weighted by molar-refractivity contribution is 5.56.